The number of hydrogen-bond acceptors (Lipinski definition) is 4. The molecule has 4 heteroatoms. The second-order valence-corrected chi connectivity index (χ2v) is 5.36. The van der Waals surface area contributed by atoms with Crippen LogP contribution in [0.1, 0.15) is 31.2 Å². The van der Waals surface area contributed by atoms with Gasteiger partial charge >= 0.3 is 0 Å². The Hall–Kier alpha value is -1.57. The molecule has 0 bridgehead atoms. The first-order chi connectivity index (χ1) is 9.74. The number of aliphatic hydroxyl groups is 1. The standard InChI is InChI=1S/C16H22N2O2/c1-18-16(12-17)8-3-5-14(16)7-9-20-15-6-2-4-13(10-15)11-19/h2,4,6,10,14,18-19H,3,5,7-9,11H2,1H3. The van der Waals surface area contributed by atoms with Crippen LogP contribution < -0.4 is 10.1 Å². The quantitative estimate of drug-likeness (QED) is 0.835. The molecule has 0 amide bonds. The molecule has 1 aliphatic rings. The maximum Gasteiger partial charge on any atom is 0.119 e. The highest BCUT2D eigenvalue weighted by Gasteiger charge is 2.41. The van der Waals surface area contributed by atoms with E-state index in [1.807, 2.05) is 31.3 Å². The van der Waals surface area contributed by atoms with Gasteiger partial charge in [-0.1, -0.05) is 18.6 Å². The summed E-state index contributed by atoms with van der Waals surface area (Å²) in [6, 6.07) is 9.93. The second kappa shape index (κ2) is 6.74. The molecule has 1 saturated carbocycles. The monoisotopic (exact) mass is 274 g/mol. The molecule has 1 aromatic rings. The highest BCUT2D eigenvalue weighted by Crippen LogP contribution is 2.37. The first-order valence-electron chi connectivity index (χ1n) is 7.17. The smallest absolute Gasteiger partial charge is 0.119 e. The van der Waals surface area contributed by atoms with Gasteiger partial charge in [0.2, 0.25) is 0 Å². The molecule has 108 valence electrons. The Morgan fingerprint density at radius 3 is 3.10 bits per heavy atom. The average Bonchev–Trinajstić information content (AvgIpc) is 2.91. The molecule has 2 rings (SSSR count). The van der Waals surface area contributed by atoms with Gasteiger partial charge in [0.15, 0.2) is 0 Å². The Bertz CT molecular complexity index is 484. The van der Waals surface area contributed by atoms with Crippen LogP contribution in [-0.2, 0) is 6.61 Å². The van der Waals surface area contributed by atoms with Crippen molar-refractivity contribution in [1.29, 1.82) is 5.26 Å². The van der Waals surface area contributed by atoms with Gasteiger partial charge in [-0.25, -0.2) is 0 Å². The summed E-state index contributed by atoms with van der Waals surface area (Å²) in [4.78, 5) is 0. The molecule has 0 aromatic heterocycles. The van der Waals surface area contributed by atoms with E-state index in [0.29, 0.717) is 12.5 Å². The summed E-state index contributed by atoms with van der Waals surface area (Å²) in [7, 11) is 1.87. The molecular weight excluding hydrogens is 252 g/mol. The fourth-order valence-electron chi connectivity index (χ4n) is 3.05. The third kappa shape index (κ3) is 3.12. The van der Waals surface area contributed by atoms with E-state index >= 15 is 0 Å². The van der Waals surface area contributed by atoms with Gasteiger partial charge < -0.3 is 15.2 Å². The van der Waals surface area contributed by atoms with Crippen molar-refractivity contribution >= 4 is 0 Å². The summed E-state index contributed by atoms with van der Waals surface area (Å²) in [6.45, 7) is 0.627. The summed E-state index contributed by atoms with van der Waals surface area (Å²) >= 11 is 0. The van der Waals surface area contributed by atoms with E-state index in [1.165, 1.54) is 0 Å². The zero-order chi connectivity index (χ0) is 14.4. The predicted molar refractivity (Wildman–Crippen MR) is 77.2 cm³/mol. The number of hydrogen-bond donors (Lipinski definition) is 2. The molecule has 0 spiro atoms. The van der Waals surface area contributed by atoms with Crippen molar-refractivity contribution in [3.63, 3.8) is 0 Å². The summed E-state index contributed by atoms with van der Waals surface area (Å²) < 4.78 is 5.74. The van der Waals surface area contributed by atoms with Crippen molar-refractivity contribution in [2.24, 2.45) is 5.92 Å². The number of nitrogens with one attached hydrogen (secondary N) is 1. The zero-order valence-corrected chi connectivity index (χ0v) is 11.9. The normalized spacial score (nSPS) is 25.4. The maximum absolute atomic E-state index is 9.39. The van der Waals surface area contributed by atoms with Crippen LogP contribution in [0.5, 0.6) is 5.75 Å². The first-order valence-corrected chi connectivity index (χ1v) is 7.17. The summed E-state index contributed by atoms with van der Waals surface area (Å²) in [5.41, 5.74) is 0.473. The molecule has 4 nitrogen and oxygen atoms in total. The lowest BCUT2D eigenvalue weighted by molar-refractivity contribution is 0.238. The maximum atomic E-state index is 9.39. The van der Waals surface area contributed by atoms with Crippen LogP contribution in [0.2, 0.25) is 0 Å². The third-order valence-corrected chi connectivity index (χ3v) is 4.28. The van der Waals surface area contributed by atoms with Crippen LogP contribution in [0.25, 0.3) is 0 Å². The van der Waals surface area contributed by atoms with E-state index < -0.39 is 0 Å². The van der Waals surface area contributed by atoms with Gasteiger partial charge in [0.05, 0.1) is 19.3 Å². The highest BCUT2D eigenvalue weighted by atomic mass is 16.5. The average molecular weight is 274 g/mol. The van der Waals surface area contributed by atoms with Gasteiger partial charge in [-0.05, 0) is 49.9 Å². The van der Waals surface area contributed by atoms with Crippen molar-refractivity contribution in [2.45, 2.75) is 37.8 Å². The molecule has 0 heterocycles. The topological polar surface area (TPSA) is 65.3 Å². The van der Waals surface area contributed by atoms with E-state index in [1.54, 1.807) is 0 Å². The Labute approximate surface area is 120 Å². The fraction of sp³-hybridized carbons (Fsp3) is 0.562. The van der Waals surface area contributed by atoms with E-state index in [9.17, 15) is 5.26 Å². The SMILES string of the molecule is CNC1(C#N)CCCC1CCOc1cccc(CO)c1. The van der Waals surface area contributed by atoms with Gasteiger partial charge in [0, 0.05) is 0 Å². The van der Waals surface area contributed by atoms with Crippen LogP contribution in [0.3, 0.4) is 0 Å². The van der Waals surface area contributed by atoms with Crippen molar-refractivity contribution in [1.82, 2.24) is 5.32 Å². The van der Waals surface area contributed by atoms with Gasteiger partial charge in [0.25, 0.3) is 0 Å². The van der Waals surface area contributed by atoms with Gasteiger partial charge in [-0.15, -0.1) is 0 Å². The largest absolute Gasteiger partial charge is 0.494 e. The summed E-state index contributed by atoms with van der Waals surface area (Å²) in [5, 5.41) is 21.7. The molecule has 2 unspecified atom stereocenters. The molecule has 0 saturated heterocycles. The fourth-order valence-corrected chi connectivity index (χ4v) is 3.05. The van der Waals surface area contributed by atoms with Crippen molar-refractivity contribution in [2.75, 3.05) is 13.7 Å². The molecule has 1 fully saturated rings. The minimum atomic E-state index is -0.379. The number of benzene rings is 1. The lowest BCUT2D eigenvalue weighted by Gasteiger charge is -2.28. The third-order valence-electron chi connectivity index (χ3n) is 4.28. The van der Waals surface area contributed by atoms with Crippen LogP contribution in [0, 0.1) is 17.2 Å². The van der Waals surface area contributed by atoms with Gasteiger partial charge in [-0.2, -0.15) is 5.26 Å². The zero-order valence-electron chi connectivity index (χ0n) is 11.9. The number of ether oxygens (including phenoxy) is 1. The molecule has 0 radical (unpaired) electrons. The molecule has 2 atom stereocenters. The van der Waals surface area contributed by atoms with E-state index in [-0.39, 0.29) is 12.1 Å². The highest BCUT2D eigenvalue weighted by molar-refractivity contribution is 5.28. The predicted octanol–water partition coefficient (Wildman–Crippen LogP) is 2.23. The van der Waals surface area contributed by atoms with E-state index in [0.717, 1.165) is 37.0 Å². The lowest BCUT2D eigenvalue weighted by Crippen LogP contribution is -2.45. The number of nitrogens with zero attached hydrogens (tertiary/aromatic N) is 1. The Kier molecular flexibility index (Phi) is 4.99. The van der Waals surface area contributed by atoms with Crippen LogP contribution in [-0.4, -0.2) is 24.3 Å². The van der Waals surface area contributed by atoms with Crippen LogP contribution in [0.4, 0.5) is 0 Å². The first kappa shape index (κ1) is 14.8. The Morgan fingerprint density at radius 2 is 2.40 bits per heavy atom. The molecule has 0 aliphatic heterocycles. The van der Waals surface area contributed by atoms with E-state index in [2.05, 4.69) is 11.4 Å². The number of nitriles is 1. The number of aliphatic hydroxyl groups excluding tert-OH is 1. The van der Waals surface area contributed by atoms with Crippen molar-refractivity contribution < 1.29 is 9.84 Å². The van der Waals surface area contributed by atoms with Crippen LogP contribution in [0.15, 0.2) is 24.3 Å². The lowest BCUT2D eigenvalue weighted by atomic mass is 9.86. The number of rotatable bonds is 6. The molecule has 2 N–H and O–H groups in total. The van der Waals surface area contributed by atoms with Crippen LogP contribution >= 0.6 is 0 Å². The Morgan fingerprint density at radius 1 is 1.55 bits per heavy atom. The van der Waals surface area contributed by atoms with E-state index in [4.69, 9.17) is 9.84 Å². The molecule has 1 aromatic carbocycles. The van der Waals surface area contributed by atoms with Crippen molar-refractivity contribution in [3.8, 4) is 11.8 Å². The summed E-state index contributed by atoms with van der Waals surface area (Å²) in [5.74, 6) is 1.13. The van der Waals surface area contributed by atoms with Crippen molar-refractivity contribution in [3.05, 3.63) is 29.8 Å². The molecule has 1 aliphatic carbocycles. The molecule has 20 heavy (non-hydrogen) atoms. The second-order valence-electron chi connectivity index (χ2n) is 5.36. The van der Waals surface area contributed by atoms with Gasteiger partial charge in [-0.3, -0.25) is 0 Å². The minimum Gasteiger partial charge on any atom is -0.494 e. The minimum absolute atomic E-state index is 0.0249. The Balaban J connectivity index is 1.88. The van der Waals surface area contributed by atoms with Gasteiger partial charge in [0.1, 0.15) is 11.3 Å². The molecular formula is C16H22N2O2. The summed E-state index contributed by atoms with van der Waals surface area (Å²) in [6.07, 6.45) is 3.97.